The molecule has 0 bridgehead atoms. The Kier molecular flexibility index (Phi) is 4.71. The molecule has 8 heteroatoms. The number of H-pyrrole nitrogens is 1. The molecule has 4 heterocycles. The molecule has 1 saturated heterocycles. The van der Waals surface area contributed by atoms with Crippen LogP contribution in [0.3, 0.4) is 0 Å². The molecule has 0 radical (unpaired) electrons. The summed E-state index contributed by atoms with van der Waals surface area (Å²) in [7, 11) is 0. The monoisotopic (exact) mass is 440 g/mol. The third kappa shape index (κ3) is 3.38. The second-order valence-electron chi connectivity index (χ2n) is 8.63. The summed E-state index contributed by atoms with van der Waals surface area (Å²) in [6.07, 6.45) is 3.99. The number of benzene rings is 2. The minimum absolute atomic E-state index is 0.0598. The Morgan fingerprint density at radius 3 is 2.64 bits per heavy atom. The third-order valence-electron chi connectivity index (χ3n) is 6.78. The maximum atomic E-state index is 13.2. The van der Waals surface area contributed by atoms with E-state index in [9.17, 15) is 9.59 Å². The van der Waals surface area contributed by atoms with Crippen LogP contribution in [0.4, 0.5) is 11.5 Å². The van der Waals surface area contributed by atoms with Gasteiger partial charge < -0.3 is 14.8 Å². The number of piperidine rings is 1. The zero-order valence-electron chi connectivity index (χ0n) is 18.1. The van der Waals surface area contributed by atoms with Crippen molar-refractivity contribution in [3.05, 3.63) is 82.7 Å². The third-order valence-corrected chi connectivity index (χ3v) is 6.78. The van der Waals surface area contributed by atoms with Crippen LogP contribution in [0.15, 0.2) is 65.7 Å². The minimum Gasteiger partial charge on any atom is -0.356 e. The quantitative estimate of drug-likeness (QED) is 0.529. The lowest BCUT2D eigenvalue weighted by Crippen LogP contribution is -2.37. The van der Waals surface area contributed by atoms with Crippen LogP contribution in [0, 0.1) is 0 Å². The number of hydrogen-bond acceptors (Lipinski definition) is 5. The predicted molar refractivity (Wildman–Crippen MR) is 127 cm³/mol. The first-order valence-electron chi connectivity index (χ1n) is 11.3. The molecule has 0 aliphatic carbocycles. The Morgan fingerprint density at radius 2 is 1.76 bits per heavy atom. The van der Waals surface area contributed by atoms with E-state index in [2.05, 4.69) is 25.9 Å². The second kappa shape index (κ2) is 7.88. The van der Waals surface area contributed by atoms with E-state index >= 15 is 0 Å². The number of hydrogen-bond donors (Lipinski definition) is 1. The Labute approximate surface area is 190 Å². The Bertz CT molecular complexity index is 1400. The molecule has 0 saturated carbocycles. The van der Waals surface area contributed by atoms with Crippen molar-refractivity contribution in [2.24, 2.45) is 0 Å². The fourth-order valence-electron chi connectivity index (χ4n) is 5.11. The van der Waals surface area contributed by atoms with Gasteiger partial charge >= 0.3 is 5.69 Å². The number of fused-ring (bicyclic) bond motifs is 2. The molecule has 1 fully saturated rings. The van der Waals surface area contributed by atoms with Crippen molar-refractivity contribution < 1.29 is 4.79 Å². The number of nitrogens with zero attached hydrogens (tertiary/aromatic N) is 5. The molecule has 4 aromatic rings. The second-order valence-corrected chi connectivity index (χ2v) is 8.63. The topological polar surface area (TPSA) is 87.1 Å². The van der Waals surface area contributed by atoms with Crippen LogP contribution in [-0.2, 0) is 6.42 Å². The van der Waals surface area contributed by atoms with Crippen molar-refractivity contribution in [3.8, 4) is 0 Å². The summed E-state index contributed by atoms with van der Waals surface area (Å²) in [5.41, 5.74) is 4.32. The molecular formula is C25H24N6O2. The number of para-hydroxylation sites is 3. The fraction of sp³-hybridized carbons (Fsp3) is 0.280. The summed E-state index contributed by atoms with van der Waals surface area (Å²) in [4.78, 5) is 41.4. The zero-order valence-corrected chi connectivity index (χ0v) is 18.1. The van der Waals surface area contributed by atoms with Crippen LogP contribution < -0.4 is 15.5 Å². The van der Waals surface area contributed by atoms with Gasteiger partial charge in [-0.1, -0.05) is 30.3 Å². The van der Waals surface area contributed by atoms with Gasteiger partial charge in [0.25, 0.3) is 5.91 Å². The van der Waals surface area contributed by atoms with Crippen molar-refractivity contribution in [3.63, 3.8) is 0 Å². The highest BCUT2D eigenvalue weighted by atomic mass is 16.2. The highest BCUT2D eigenvalue weighted by Crippen LogP contribution is 2.30. The number of carbonyl (C=O) groups is 1. The highest BCUT2D eigenvalue weighted by molar-refractivity contribution is 6.06. The van der Waals surface area contributed by atoms with E-state index in [-0.39, 0.29) is 17.6 Å². The van der Waals surface area contributed by atoms with Crippen molar-refractivity contribution in [2.45, 2.75) is 25.3 Å². The molecule has 166 valence electrons. The zero-order chi connectivity index (χ0) is 22.4. The average molecular weight is 441 g/mol. The predicted octanol–water partition coefficient (Wildman–Crippen LogP) is 3.16. The smallest absolute Gasteiger partial charge is 0.326 e. The van der Waals surface area contributed by atoms with Crippen LogP contribution in [0.1, 0.15) is 34.9 Å². The normalized spacial score (nSPS) is 16.4. The molecular weight excluding hydrogens is 416 g/mol. The first kappa shape index (κ1) is 19.7. The summed E-state index contributed by atoms with van der Waals surface area (Å²) >= 11 is 0. The van der Waals surface area contributed by atoms with Gasteiger partial charge in [0.2, 0.25) is 0 Å². The van der Waals surface area contributed by atoms with E-state index in [0.717, 1.165) is 54.9 Å². The first-order chi connectivity index (χ1) is 16.2. The summed E-state index contributed by atoms with van der Waals surface area (Å²) < 4.78 is 1.88. The molecule has 1 amide bonds. The van der Waals surface area contributed by atoms with E-state index in [1.54, 1.807) is 11.0 Å². The first-order valence-corrected chi connectivity index (χ1v) is 11.3. The average Bonchev–Trinajstić information content (AvgIpc) is 3.44. The van der Waals surface area contributed by atoms with Gasteiger partial charge in [-0.05, 0) is 43.0 Å². The number of amides is 1. The van der Waals surface area contributed by atoms with Gasteiger partial charge in [0.1, 0.15) is 17.8 Å². The number of rotatable bonds is 3. The van der Waals surface area contributed by atoms with E-state index in [1.165, 1.54) is 11.9 Å². The number of imidazole rings is 1. The van der Waals surface area contributed by atoms with Gasteiger partial charge in [-0.3, -0.25) is 9.36 Å². The minimum atomic E-state index is -0.0937. The van der Waals surface area contributed by atoms with Crippen molar-refractivity contribution in [1.29, 1.82) is 0 Å². The largest absolute Gasteiger partial charge is 0.356 e. The van der Waals surface area contributed by atoms with E-state index in [4.69, 9.17) is 0 Å². The van der Waals surface area contributed by atoms with Crippen LogP contribution in [-0.4, -0.2) is 45.1 Å². The molecule has 0 unspecified atom stereocenters. The van der Waals surface area contributed by atoms with Crippen molar-refractivity contribution in [2.75, 3.05) is 29.4 Å². The molecule has 33 heavy (non-hydrogen) atoms. The summed E-state index contributed by atoms with van der Waals surface area (Å²) in [5, 5.41) is 0. The fourth-order valence-corrected chi connectivity index (χ4v) is 5.11. The number of nitrogens with one attached hydrogen (secondary N) is 1. The molecule has 1 N–H and O–H groups in total. The Morgan fingerprint density at radius 1 is 0.970 bits per heavy atom. The molecule has 2 aromatic heterocycles. The number of carbonyl (C=O) groups excluding carboxylic acids is 1. The van der Waals surface area contributed by atoms with E-state index in [1.807, 2.05) is 47.0 Å². The van der Waals surface area contributed by atoms with E-state index in [0.29, 0.717) is 12.2 Å². The van der Waals surface area contributed by atoms with Crippen LogP contribution >= 0.6 is 0 Å². The maximum Gasteiger partial charge on any atom is 0.326 e. The van der Waals surface area contributed by atoms with Gasteiger partial charge in [-0.15, -0.1) is 0 Å². The van der Waals surface area contributed by atoms with E-state index < -0.39 is 0 Å². The summed E-state index contributed by atoms with van der Waals surface area (Å²) in [6.45, 7) is 2.18. The lowest BCUT2D eigenvalue weighted by Gasteiger charge is -2.33. The van der Waals surface area contributed by atoms with Gasteiger partial charge in [-0.2, -0.15) is 0 Å². The molecule has 2 aliphatic heterocycles. The SMILES string of the molecule is O=C(c1cc(N2CCC(n3c(=O)[nH]c4ccccc43)CC2)ncn1)N1CCc2ccccc21. The standard InChI is InChI=1S/C25H24N6O2/c32-24(30-14-9-17-5-1-3-7-21(17)30)20-15-23(27-16-26-20)29-12-10-18(11-13-29)31-22-8-4-2-6-19(22)28-25(31)33/h1-8,15-16,18H,9-14H2,(H,28,33). The molecule has 8 nitrogen and oxygen atoms in total. The van der Waals surface area contributed by atoms with Crippen LogP contribution in [0.25, 0.3) is 11.0 Å². The molecule has 0 atom stereocenters. The van der Waals surface area contributed by atoms with Gasteiger partial charge in [0, 0.05) is 37.4 Å². The number of anilines is 2. The lowest BCUT2D eigenvalue weighted by atomic mass is 10.0. The van der Waals surface area contributed by atoms with Gasteiger partial charge in [-0.25, -0.2) is 14.8 Å². The van der Waals surface area contributed by atoms with Gasteiger partial charge in [0.15, 0.2) is 0 Å². The molecule has 2 aliphatic rings. The van der Waals surface area contributed by atoms with Crippen LogP contribution in [0.5, 0.6) is 0 Å². The summed E-state index contributed by atoms with van der Waals surface area (Å²) in [6, 6.07) is 17.7. The Balaban J connectivity index is 1.20. The van der Waals surface area contributed by atoms with Gasteiger partial charge in [0.05, 0.1) is 11.0 Å². The number of aromatic nitrogens is 4. The van der Waals surface area contributed by atoms with Crippen molar-refractivity contribution in [1.82, 2.24) is 19.5 Å². The lowest BCUT2D eigenvalue weighted by molar-refractivity contribution is 0.0984. The maximum absolute atomic E-state index is 13.2. The molecule has 0 spiro atoms. The molecule has 2 aromatic carbocycles. The molecule has 6 rings (SSSR count). The van der Waals surface area contributed by atoms with Crippen LogP contribution in [0.2, 0.25) is 0 Å². The van der Waals surface area contributed by atoms with Crippen molar-refractivity contribution >= 4 is 28.4 Å². The summed E-state index contributed by atoms with van der Waals surface area (Å²) in [5.74, 6) is 0.661. The highest BCUT2D eigenvalue weighted by Gasteiger charge is 2.28. The number of aromatic amines is 1. The Hall–Kier alpha value is -3.94.